The molecule has 130 valence electrons. The van der Waals surface area contributed by atoms with Crippen LogP contribution < -0.4 is 15.5 Å². The van der Waals surface area contributed by atoms with E-state index in [0.29, 0.717) is 12.5 Å². The molecule has 0 aromatic heterocycles. The van der Waals surface area contributed by atoms with E-state index in [1.54, 1.807) is 0 Å². The second-order valence-corrected chi connectivity index (χ2v) is 6.19. The largest absolute Gasteiger partial charge is 0.369 e. The summed E-state index contributed by atoms with van der Waals surface area (Å²) in [6.07, 6.45) is 5.19. The molecule has 2 saturated heterocycles. The van der Waals surface area contributed by atoms with Crippen LogP contribution in [0.15, 0.2) is 30.3 Å². The van der Waals surface area contributed by atoms with E-state index in [4.69, 9.17) is 0 Å². The fraction of sp³-hybridized carbons (Fsp3) is 0.588. The summed E-state index contributed by atoms with van der Waals surface area (Å²) in [5.41, 5.74) is 1.26. The molecule has 2 aliphatic heterocycles. The maximum Gasteiger partial charge on any atom is 0.221 e. The fourth-order valence-electron chi connectivity index (χ4n) is 3.41. The van der Waals surface area contributed by atoms with E-state index in [0.717, 1.165) is 38.9 Å². The molecule has 23 heavy (non-hydrogen) atoms. The summed E-state index contributed by atoms with van der Waals surface area (Å²) in [7, 11) is 0. The summed E-state index contributed by atoms with van der Waals surface area (Å²) in [5, 5.41) is 6.61. The van der Waals surface area contributed by atoms with E-state index in [-0.39, 0.29) is 36.8 Å². The average Bonchev–Trinajstić information content (AvgIpc) is 3.01. The van der Waals surface area contributed by atoms with Crippen molar-refractivity contribution in [2.45, 2.75) is 44.2 Å². The maximum absolute atomic E-state index is 12.1. The third-order valence-corrected chi connectivity index (χ3v) is 4.50. The van der Waals surface area contributed by atoms with E-state index in [1.165, 1.54) is 12.1 Å². The first-order valence-electron chi connectivity index (χ1n) is 8.14. The number of amides is 1. The number of hydrogen-bond donors (Lipinski definition) is 2. The van der Waals surface area contributed by atoms with Gasteiger partial charge >= 0.3 is 0 Å². The number of piperidine rings is 1. The standard InChI is InChI=1S/C17H25N3O.2ClH/c21-17(12-14-6-4-10-18-14)19-15-7-5-11-20(13-15)16-8-2-1-3-9-16;;/h1-3,8-9,14-15,18H,4-7,10-13H2,(H,19,21);2*1H. The van der Waals surface area contributed by atoms with E-state index in [9.17, 15) is 4.79 Å². The third kappa shape index (κ3) is 5.87. The summed E-state index contributed by atoms with van der Waals surface area (Å²) >= 11 is 0. The van der Waals surface area contributed by atoms with Crippen molar-refractivity contribution in [3.05, 3.63) is 30.3 Å². The average molecular weight is 360 g/mol. The van der Waals surface area contributed by atoms with Crippen molar-refractivity contribution in [3.63, 3.8) is 0 Å². The number of benzene rings is 1. The van der Waals surface area contributed by atoms with Gasteiger partial charge in [-0.1, -0.05) is 18.2 Å². The van der Waals surface area contributed by atoms with Crippen molar-refractivity contribution >= 4 is 36.4 Å². The second kappa shape index (κ2) is 10.0. The minimum Gasteiger partial charge on any atom is -0.369 e. The van der Waals surface area contributed by atoms with Gasteiger partial charge < -0.3 is 15.5 Å². The molecule has 4 nitrogen and oxygen atoms in total. The summed E-state index contributed by atoms with van der Waals surface area (Å²) < 4.78 is 0. The Hall–Kier alpha value is -0.970. The lowest BCUT2D eigenvalue weighted by Gasteiger charge is -2.35. The van der Waals surface area contributed by atoms with Crippen molar-refractivity contribution in [2.24, 2.45) is 0 Å². The lowest BCUT2D eigenvalue weighted by atomic mass is 10.0. The Morgan fingerprint density at radius 3 is 2.65 bits per heavy atom. The predicted octanol–water partition coefficient (Wildman–Crippen LogP) is 2.76. The summed E-state index contributed by atoms with van der Waals surface area (Å²) in [5.74, 6) is 0.203. The number of halogens is 2. The zero-order valence-corrected chi connectivity index (χ0v) is 15.0. The highest BCUT2D eigenvalue weighted by molar-refractivity contribution is 5.85. The highest BCUT2D eigenvalue weighted by Crippen LogP contribution is 2.19. The van der Waals surface area contributed by atoms with E-state index >= 15 is 0 Å². The maximum atomic E-state index is 12.1. The smallest absolute Gasteiger partial charge is 0.221 e. The molecule has 0 bridgehead atoms. The molecule has 2 atom stereocenters. The van der Waals surface area contributed by atoms with Gasteiger partial charge in [0.1, 0.15) is 0 Å². The van der Waals surface area contributed by atoms with Crippen LogP contribution in [0.1, 0.15) is 32.1 Å². The van der Waals surface area contributed by atoms with Gasteiger partial charge in [0.15, 0.2) is 0 Å². The minimum atomic E-state index is 0. The topological polar surface area (TPSA) is 44.4 Å². The van der Waals surface area contributed by atoms with Crippen LogP contribution in [0, 0.1) is 0 Å². The van der Waals surface area contributed by atoms with Crippen LogP contribution in [-0.2, 0) is 4.79 Å². The second-order valence-electron chi connectivity index (χ2n) is 6.19. The number of nitrogens with zero attached hydrogens (tertiary/aromatic N) is 1. The molecule has 0 saturated carbocycles. The molecule has 2 fully saturated rings. The zero-order chi connectivity index (χ0) is 14.5. The Bertz CT molecular complexity index is 466. The number of hydrogen-bond acceptors (Lipinski definition) is 3. The van der Waals surface area contributed by atoms with Gasteiger partial charge in [0.2, 0.25) is 5.91 Å². The molecule has 2 unspecified atom stereocenters. The molecule has 0 spiro atoms. The minimum absolute atomic E-state index is 0. The molecule has 0 aliphatic carbocycles. The van der Waals surface area contributed by atoms with Crippen LogP contribution in [0.5, 0.6) is 0 Å². The Kier molecular flexibility index (Phi) is 8.74. The van der Waals surface area contributed by atoms with E-state index < -0.39 is 0 Å². The van der Waals surface area contributed by atoms with Crippen LogP contribution in [0.2, 0.25) is 0 Å². The van der Waals surface area contributed by atoms with Crippen molar-refractivity contribution < 1.29 is 4.79 Å². The van der Waals surface area contributed by atoms with Gasteiger partial charge in [-0.05, 0) is 44.4 Å². The lowest BCUT2D eigenvalue weighted by Crippen LogP contribution is -2.48. The first-order chi connectivity index (χ1) is 10.3. The SMILES string of the molecule is Cl.Cl.O=C(CC1CCCN1)NC1CCCN(c2ccccc2)C1. The van der Waals surface area contributed by atoms with E-state index in [1.807, 2.05) is 6.07 Å². The Balaban J connectivity index is 0.00000132. The van der Waals surface area contributed by atoms with Gasteiger partial charge in [0, 0.05) is 37.3 Å². The van der Waals surface area contributed by atoms with Crippen molar-refractivity contribution in [3.8, 4) is 0 Å². The molecule has 6 heteroatoms. The molecule has 2 heterocycles. The molecule has 2 aliphatic rings. The molecular weight excluding hydrogens is 333 g/mol. The van der Waals surface area contributed by atoms with Crippen molar-refractivity contribution in [1.29, 1.82) is 0 Å². The first-order valence-corrected chi connectivity index (χ1v) is 8.14. The Labute approximate surface area is 151 Å². The van der Waals surface area contributed by atoms with Crippen LogP contribution in [0.4, 0.5) is 5.69 Å². The van der Waals surface area contributed by atoms with Gasteiger partial charge in [-0.25, -0.2) is 0 Å². The highest BCUT2D eigenvalue weighted by Gasteiger charge is 2.23. The molecule has 1 aromatic carbocycles. The van der Waals surface area contributed by atoms with Gasteiger partial charge in [-0.15, -0.1) is 24.8 Å². The number of carbonyl (C=O) groups is 1. The van der Waals surface area contributed by atoms with E-state index in [2.05, 4.69) is 39.8 Å². The van der Waals surface area contributed by atoms with Gasteiger partial charge in [-0.2, -0.15) is 0 Å². The number of rotatable bonds is 4. The summed E-state index contributed by atoms with van der Waals surface area (Å²) in [6.45, 7) is 3.07. The number of nitrogens with one attached hydrogen (secondary N) is 2. The van der Waals surface area contributed by atoms with Crippen LogP contribution in [-0.4, -0.2) is 37.6 Å². The third-order valence-electron chi connectivity index (χ3n) is 4.50. The van der Waals surface area contributed by atoms with Crippen molar-refractivity contribution in [1.82, 2.24) is 10.6 Å². The number of anilines is 1. The molecule has 3 rings (SSSR count). The number of para-hydroxylation sites is 1. The molecule has 2 N–H and O–H groups in total. The zero-order valence-electron chi connectivity index (χ0n) is 13.4. The van der Waals surface area contributed by atoms with Crippen LogP contribution >= 0.6 is 24.8 Å². The Morgan fingerprint density at radius 1 is 1.17 bits per heavy atom. The van der Waals surface area contributed by atoms with Crippen molar-refractivity contribution in [2.75, 3.05) is 24.5 Å². The van der Waals surface area contributed by atoms with Gasteiger partial charge in [0.25, 0.3) is 0 Å². The van der Waals surface area contributed by atoms with Gasteiger partial charge in [0.05, 0.1) is 0 Å². The predicted molar refractivity (Wildman–Crippen MR) is 100.0 cm³/mol. The summed E-state index contributed by atoms with van der Waals surface area (Å²) in [4.78, 5) is 14.5. The van der Waals surface area contributed by atoms with Gasteiger partial charge in [-0.3, -0.25) is 4.79 Å². The summed E-state index contributed by atoms with van der Waals surface area (Å²) in [6, 6.07) is 11.2. The first kappa shape index (κ1) is 20.1. The molecule has 1 aromatic rings. The Morgan fingerprint density at radius 2 is 1.96 bits per heavy atom. The lowest BCUT2D eigenvalue weighted by molar-refractivity contribution is -0.122. The number of carbonyl (C=O) groups excluding carboxylic acids is 1. The molecule has 1 amide bonds. The highest BCUT2D eigenvalue weighted by atomic mass is 35.5. The monoisotopic (exact) mass is 359 g/mol. The molecule has 0 radical (unpaired) electrons. The van der Waals surface area contributed by atoms with Crippen LogP contribution in [0.3, 0.4) is 0 Å². The normalized spacial score (nSPS) is 23.6. The quantitative estimate of drug-likeness (QED) is 0.868. The fourth-order valence-corrected chi connectivity index (χ4v) is 3.41. The molecular formula is C17H27Cl2N3O. The van der Waals surface area contributed by atoms with Crippen LogP contribution in [0.25, 0.3) is 0 Å².